The summed E-state index contributed by atoms with van der Waals surface area (Å²) in [6, 6.07) is 15.8. The maximum absolute atomic E-state index is 12.0. The molecule has 3 aromatic rings. The molecule has 0 N–H and O–H groups in total. The van der Waals surface area contributed by atoms with E-state index in [1.54, 1.807) is 0 Å². The van der Waals surface area contributed by atoms with Crippen molar-refractivity contribution >= 4 is 34.6 Å². The molecule has 196 valence electrons. The van der Waals surface area contributed by atoms with Gasteiger partial charge in [-0.25, -0.2) is 4.79 Å². The molecule has 2 aliphatic heterocycles. The second-order valence-corrected chi connectivity index (χ2v) is 9.14. The van der Waals surface area contributed by atoms with E-state index in [9.17, 15) is 14.4 Å². The fourth-order valence-electron chi connectivity index (χ4n) is 4.68. The minimum Gasteiger partial charge on any atom is -0.432 e. The highest BCUT2D eigenvalue weighted by Crippen LogP contribution is 2.37. The number of unbranched alkanes of at least 4 members (excludes halogenated alkanes) is 2. The van der Waals surface area contributed by atoms with Crippen molar-refractivity contribution < 1.29 is 32.9 Å². The summed E-state index contributed by atoms with van der Waals surface area (Å²) < 4.78 is 14.3. The van der Waals surface area contributed by atoms with Crippen LogP contribution in [0.25, 0.3) is 11.1 Å². The smallest absolute Gasteiger partial charge is 0.352 e. The number of rotatable bonds is 10. The lowest BCUT2D eigenvalue weighted by Crippen LogP contribution is -2.36. The number of imide groups is 1. The number of benzene rings is 2. The number of fused-ring (bicyclic) bond motifs is 2. The minimum atomic E-state index is -0.564. The molecular weight excluding hydrogens is 486 g/mol. The average molecular weight is 517 g/mol. The number of para-hydroxylation sites is 4. The molecule has 1 saturated heterocycles. The second-order valence-electron chi connectivity index (χ2n) is 9.14. The summed E-state index contributed by atoms with van der Waals surface area (Å²) in [6.45, 7) is 3.57. The zero-order chi connectivity index (χ0) is 26.5. The van der Waals surface area contributed by atoms with Crippen LogP contribution in [-0.4, -0.2) is 29.4 Å². The quantitative estimate of drug-likeness (QED) is 0.171. The van der Waals surface area contributed by atoms with Gasteiger partial charge in [-0.3, -0.25) is 9.59 Å². The van der Waals surface area contributed by atoms with Gasteiger partial charge >= 0.3 is 11.9 Å². The lowest BCUT2D eigenvalue weighted by molar-refractivity contribution is -0.684. The molecule has 0 saturated carbocycles. The van der Waals surface area contributed by atoms with E-state index in [0.29, 0.717) is 23.8 Å². The molecule has 1 aromatic heterocycles. The number of aryl methyl sites for hydroxylation is 1. The van der Waals surface area contributed by atoms with Crippen molar-refractivity contribution in [2.45, 2.75) is 58.4 Å². The molecule has 9 nitrogen and oxygen atoms in total. The summed E-state index contributed by atoms with van der Waals surface area (Å²) in [4.78, 5) is 42.3. The molecule has 38 heavy (non-hydrogen) atoms. The lowest BCUT2D eigenvalue weighted by Gasteiger charge is -2.13. The average Bonchev–Trinajstić information content (AvgIpc) is 3.57. The summed E-state index contributed by atoms with van der Waals surface area (Å²) in [5.74, 6) is 0.812. The van der Waals surface area contributed by atoms with Crippen molar-refractivity contribution in [3.63, 3.8) is 0 Å². The first-order valence-electron chi connectivity index (χ1n) is 13.0. The van der Waals surface area contributed by atoms with Crippen LogP contribution < -0.4 is 14.2 Å². The molecular formula is C29H30N3O6+. The van der Waals surface area contributed by atoms with Crippen LogP contribution in [-0.2, 0) is 32.2 Å². The van der Waals surface area contributed by atoms with Crippen molar-refractivity contribution in [1.29, 1.82) is 0 Å². The molecule has 5 rings (SSSR count). The number of hydrogen-bond acceptors (Lipinski definition) is 7. The Balaban J connectivity index is 1.20. The Kier molecular flexibility index (Phi) is 7.56. The first kappa shape index (κ1) is 25.3. The van der Waals surface area contributed by atoms with Crippen molar-refractivity contribution in [3.8, 4) is 5.75 Å². The molecule has 0 radical (unpaired) electrons. The Morgan fingerprint density at radius 1 is 1.05 bits per heavy atom. The molecule has 0 bridgehead atoms. The first-order valence-corrected chi connectivity index (χ1v) is 13.0. The number of amides is 2. The fourth-order valence-corrected chi connectivity index (χ4v) is 4.68. The zero-order valence-electron chi connectivity index (χ0n) is 21.4. The Morgan fingerprint density at radius 3 is 2.63 bits per heavy atom. The standard InChI is InChI=1S/C29H30N3O6/c1-2-30-21-11-5-7-13-23(21)36-27(30)15-10-16-28-31(22-12-6-8-14-24(22)37-28)20-9-3-4-17-29(35)38-32-25(33)18-19-26(32)34/h5-8,10-14H,2-4,9,16-20H2,1H3/q+1. The van der Waals surface area contributed by atoms with Gasteiger partial charge < -0.3 is 18.9 Å². The SMILES string of the molecule is CCN1C(=C=CCc2oc3ccccc3[n+]2CCCCCC(=O)ON2C(=O)CCC2=O)Oc2ccccc21. The van der Waals surface area contributed by atoms with E-state index in [0.717, 1.165) is 54.4 Å². The van der Waals surface area contributed by atoms with Gasteiger partial charge in [-0.2, -0.15) is 4.57 Å². The predicted octanol–water partition coefficient (Wildman–Crippen LogP) is 4.35. The molecule has 2 aliphatic rings. The van der Waals surface area contributed by atoms with Crippen molar-refractivity contribution in [2.75, 3.05) is 11.4 Å². The normalized spacial score (nSPS) is 14.6. The molecule has 2 amide bonds. The molecule has 2 aromatic carbocycles. The minimum absolute atomic E-state index is 0.0914. The van der Waals surface area contributed by atoms with Gasteiger partial charge in [0.15, 0.2) is 12.3 Å². The zero-order valence-corrected chi connectivity index (χ0v) is 21.4. The van der Waals surface area contributed by atoms with E-state index in [2.05, 4.69) is 22.1 Å². The van der Waals surface area contributed by atoms with E-state index >= 15 is 0 Å². The summed E-state index contributed by atoms with van der Waals surface area (Å²) in [5.41, 5.74) is 6.15. The number of oxazole rings is 1. The van der Waals surface area contributed by atoms with Crippen LogP contribution in [0.15, 0.2) is 70.6 Å². The van der Waals surface area contributed by atoms with Crippen LogP contribution >= 0.6 is 0 Å². The number of allylic oxidation sites excluding steroid dienone is 1. The number of anilines is 1. The number of ether oxygens (including phenoxy) is 1. The second kappa shape index (κ2) is 11.4. The molecule has 9 heteroatoms. The van der Waals surface area contributed by atoms with Crippen LogP contribution in [0.3, 0.4) is 0 Å². The maximum atomic E-state index is 12.0. The van der Waals surface area contributed by atoms with Crippen LogP contribution in [0.2, 0.25) is 0 Å². The Morgan fingerprint density at radius 2 is 1.82 bits per heavy atom. The van der Waals surface area contributed by atoms with Gasteiger partial charge in [-0.15, -0.1) is 5.06 Å². The molecule has 0 atom stereocenters. The van der Waals surface area contributed by atoms with Gasteiger partial charge in [0.25, 0.3) is 17.3 Å². The molecule has 0 spiro atoms. The Labute approximate surface area is 220 Å². The number of hydroxylamine groups is 2. The third-order valence-electron chi connectivity index (χ3n) is 6.57. The predicted molar refractivity (Wildman–Crippen MR) is 137 cm³/mol. The van der Waals surface area contributed by atoms with Crippen molar-refractivity contribution in [2.24, 2.45) is 0 Å². The number of carbonyl (C=O) groups is 3. The summed E-state index contributed by atoms with van der Waals surface area (Å²) in [7, 11) is 0. The molecule has 3 heterocycles. The highest BCUT2D eigenvalue weighted by atomic mass is 16.7. The Hall–Kier alpha value is -4.36. The van der Waals surface area contributed by atoms with E-state index in [4.69, 9.17) is 14.0 Å². The first-order chi connectivity index (χ1) is 18.5. The van der Waals surface area contributed by atoms with E-state index in [1.807, 2.05) is 54.6 Å². The fraction of sp³-hybridized carbons (Fsp3) is 0.345. The molecule has 1 fully saturated rings. The van der Waals surface area contributed by atoms with Crippen LogP contribution in [0.1, 0.15) is 51.3 Å². The van der Waals surface area contributed by atoms with Gasteiger partial charge in [0.1, 0.15) is 0 Å². The van der Waals surface area contributed by atoms with Crippen molar-refractivity contribution in [3.05, 3.63) is 72.1 Å². The van der Waals surface area contributed by atoms with Gasteiger partial charge in [-0.05, 0) is 44.0 Å². The third kappa shape index (κ3) is 5.33. The summed E-state index contributed by atoms with van der Waals surface area (Å²) in [6.07, 6.45) is 4.99. The number of aromatic nitrogens is 1. The Bertz CT molecular complexity index is 1420. The molecule has 0 aliphatic carbocycles. The van der Waals surface area contributed by atoms with E-state index < -0.39 is 17.8 Å². The monoisotopic (exact) mass is 516 g/mol. The highest BCUT2D eigenvalue weighted by molar-refractivity contribution is 6.01. The van der Waals surface area contributed by atoms with E-state index in [1.165, 1.54) is 0 Å². The number of hydrogen-bond donors (Lipinski definition) is 0. The third-order valence-corrected chi connectivity index (χ3v) is 6.57. The summed E-state index contributed by atoms with van der Waals surface area (Å²) in [5, 5.41) is 0.597. The van der Waals surface area contributed by atoms with Crippen LogP contribution in [0, 0.1) is 0 Å². The van der Waals surface area contributed by atoms with Gasteiger partial charge in [0.2, 0.25) is 11.5 Å². The van der Waals surface area contributed by atoms with Gasteiger partial charge in [0, 0.05) is 38.3 Å². The van der Waals surface area contributed by atoms with Gasteiger partial charge in [-0.1, -0.05) is 30.0 Å². The maximum Gasteiger partial charge on any atom is 0.352 e. The largest absolute Gasteiger partial charge is 0.432 e. The van der Waals surface area contributed by atoms with Crippen LogP contribution in [0.4, 0.5) is 5.69 Å². The van der Waals surface area contributed by atoms with Crippen LogP contribution in [0.5, 0.6) is 5.75 Å². The van der Waals surface area contributed by atoms with E-state index in [-0.39, 0.29) is 19.3 Å². The topological polar surface area (TPSA) is 93.2 Å². The lowest BCUT2D eigenvalue weighted by atomic mass is 10.2. The van der Waals surface area contributed by atoms with Crippen molar-refractivity contribution in [1.82, 2.24) is 5.06 Å². The highest BCUT2D eigenvalue weighted by Gasteiger charge is 2.32. The number of carbonyl (C=O) groups excluding carboxylic acids is 3. The number of nitrogens with zero attached hydrogens (tertiary/aromatic N) is 3. The molecule has 0 unspecified atom stereocenters. The summed E-state index contributed by atoms with van der Waals surface area (Å²) >= 11 is 0. The van der Waals surface area contributed by atoms with Gasteiger partial charge in [0.05, 0.1) is 12.1 Å².